The van der Waals surface area contributed by atoms with E-state index in [1.54, 1.807) is 42.6 Å². The van der Waals surface area contributed by atoms with E-state index in [4.69, 9.17) is 0 Å². The lowest BCUT2D eigenvalue weighted by atomic mass is 10.3. The van der Waals surface area contributed by atoms with Crippen LogP contribution in [0.2, 0.25) is 0 Å². The number of aromatic nitrogens is 5. The van der Waals surface area contributed by atoms with Crippen molar-refractivity contribution in [3.05, 3.63) is 135 Å². The number of carbonyl (C=O) groups excluding carboxylic acids is 1. The van der Waals surface area contributed by atoms with Crippen molar-refractivity contribution in [2.75, 3.05) is 64.0 Å². The first-order valence-corrected chi connectivity index (χ1v) is 14.7. The van der Waals surface area contributed by atoms with Crippen molar-refractivity contribution in [2.24, 2.45) is 14.1 Å². The molecule has 1 aliphatic rings. The molecule has 0 unspecified atom stereocenters. The summed E-state index contributed by atoms with van der Waals surface area (Å²) in [4.78, 5) is 23.4. The van der Waals surface area contributed by atoms with Gasteiger partial charge in [0.1, 0.15) is 7.05 Å². The topological polar surface area (TPSA) is 79.6 Å². The lowest BCUT2D eigenvalue weighted by molar-refractivity contribution is -0.405. The van der Waals surface area contributed by atoms with Crippen molar-refractivity contribution in [1.82, 2.24) is 19.3 Å². The summed E-state index contributed by atoms with van der Waals surface area (Å²) in [6, 6.07) is 24.2. The molecule has 1 amide bonds. The molecule has 0 spiro atoms. The molecule has 0 saturated heterocycles. The maximum atomic E-state index is 10.4. The van der Waals surface area contributed by atoms with Crippen molar-refractivity contribution < 1.29 is 14.4 Å². The van der Waals surface area contributed by atoms with E-state index in [-0.39, 0.29) is 5.91 Å². The molecule has 0 radical (unpaired) electrons. The summed E-state index contributed by atoms with van der Waals surface area (Å²) in [6.07, 6.45) is 20.0. The molecule has 0 fully saturated rings. The van der Waals surface area contributed by atoms with E-state index in [0.29, 0.717) is 0 Å². The number of rotatable bonds is 3. The van der Waals surface area contributed by atoms with Gasteiger partial charge in [0.25, 0.3) is 0 Å². The zero-order valence-corrected chi connectivity index (χ0v) is 28.8. The molecule has 10 nitrogen and oxygen atoms in total. The number of benzene rings is 1. The molecule has 0 bridgehead atoms. The number of hydrogen-bond acceptors (Lipinski definition) is 6. The number of pyridine rings is 2. The van der Waals surface area contributed by atoms with E-state index in [9.17, 15) is 4.79 Å². The van der Waals surface area contributed by atoms with E-state index in [0.717, 1.165) is 0 Å². The van der Waals surface area contributed by atoms with E-state index < -0.39 is 0 Å². The summed E-state index contributed by atoms with van der Waals surface area (Å²) in [6.45, 7) is 0. The highest BCUT2D eigenvalue weighted by atomic mass is 16.2. The van der Waals surface area contributed by atoms with Crippen LogP contribution in [0.1, 0.15) is 0 Å². The number of hydrogen-bond donors (Lipinski definition) is 0. The fourth-order valence-corrected chi connectivity index (χ4v) is 3.26. The highest BCUT2D eigenvalue weighted by Gasteiger charge is 2.09. The second-order valence-electron chi connectivity index (χ2n) is 10.5. The van der Waals surface area contributed by atoms with Crippen LogP contribution < -0.4 is 19.7 Å². The minimum Gasteiger partial charge on any atom is -0.378 e. The van der Waals surface area contributed by atoms with Crippen LogP contribution in [0.3, 0.4) is 0 Å². The number of amides is 1. The lowest BCUT2D eigenvalue weighted by Crippen LogP contribution is -2.10. The van der Waals surface area contributed by atoms with Crippen molar-refractivity contribution in [3.63, 3.8) is 0 Å². The third-order valence-corrected chi connectivity index (χ3v) is 5.96. The first-order chi connectivity index (χ1) is 22.0. The number of allylic oxidation sites excluding steroid dienone is 1. The van der Waals surface area contributed by atoms with Crippen LogP contribution in [-0.4, -0.2) is 85.4 Å². The summed E-state index contributed by atoms with van der Waals surface area (Å²) in [5.74, 6) is 0.0556. The Bertz CT molecular complexity index is 1350. The van der Waals surface area contributed by atoms with E-state index >= 15 is 0 Å². The first kappa shape index (κ1) is 38.5. The fraction of sp³-hybridized carbons (Fsp3) is 0.250. The number of carbonyl (C=O) groups is 1. The molecule has 6 rings (SSSR count). The lowest BCUT2D eigenvalue weighted by Gasteiger charge is -2.10. The van der Waals surface area contributed by atoms with Crippen LogP contribution in [0, 0.1) is 0 Å². The minimum atomic E-state index is 0.0556. The normalized spacial score (nSPS) is 10.4. The van der Waals surface area contributed by atoms with Crippen molar-refractivity contribution >= 4 is 29.2 Å². The van der Waals surface area contributed by atoms with Crippen molar-refractivity contribution in [2.45, 2.75) is 0 Å². The quantitative estimate of drug-likeness (QED) is 0.271. The molecule has 46 heavy (non-hydrogen) atoms. The predicted molar refractivity (Wildman–Crippen MR) is 192 cm³/mol. The monoisotopic (exact) mass is 625 g/mol. The van der Waals surface area contributed by atoms with Gasteiger partial charge in [-0.15, -0.1) is 0 Å². The molecule has 0 saturated carbocycles. The van der Waals surface area contributed by atoms with Crippen LogP contribution >= 0.6 is 0 Å². The standard InChI is InChI=1S/C8H11N.2C7H10N2.C5H6NO.C5H7N.C4H6N2/c1-9(2)8-6-4-3-5-7-8;2*1-9(2)7-3-5-8-6-4-7;1-6-4-2-3-5(6)7;2*1-6-4-2-3-5-6/h3-7H,1-2H3;2*3-6H,1-2H3;2-4H,1H3;2-5H,1H3;2-4H,1H3/q;;;+1;;/p+1. The smallest absolute Gasteiger partial charge is 0.378 e. The summed E-state index contributed by atoms with van der Waals surface area (Å²) < 4.78 is 5.28. The average molecular weight is 626 g/mol. The molecular weight excluding hydrogens is 574 g/mol. The molecule has 1 N–H and O–H groups in total. The number of H-pyrrole nitrogens is 1. The van der Waals surface area contributed by atoms with E-state index in [2.05, 4.69) is 37.0 Å². The number of aromatic amines is 1. The van der Waals surface area contributed by atoms with Gasteiger partial charge in [-0.05, 0) is 42.5 Å². The summed E-state index contributed by atoms with van der Waals surface area (Å²) >= 11 is 0. The van der Waals surface area contributed by atoms with Gasteiger partial charge in [-0.1, -0.05) is 18.2 Å². The Morgan fingerprint density at radius 1 is 0.652 bits per heavy atom. The largest absolute Gasteiger partial charge is 0.412 e. The van der Waals surface area contributed by atoms with Crippen molar-refractivity contribution in [1.29, 1.82) is 0 Å². The van der Waals surface area contributed by atoms with Gasteiger partial charge in [-0.2, -0.15) is 9.67 Å². The van der Waals surface area contributed by atoms with Gasteiger partial charge < -0.3 is 19.3 Å². The number of nitrogens with zero attached hydrogens (tertiary/aromatic N) is 8. The van der Waals surface area contributed by atoms with Gasteiger partial charge in [-0.25, -0.2) is 9.78 Å². The van der Waals surface area contributed by atoms with E-state index in [1.165, 1.54) is 27.7 Å². The Balaban J connectivity index is 0.000000278. The van der Waals surface area contributed by atoms with Gasteiger partial charge in [0.05, 0.1) is 6.08 Å². The summed E-state index contributed by atoms with van der Waals surface area (Å²) in [5.41, 5.74) is 3.65. The molecule has 244 valence electrons. The summed E-state index contributed by atoms with van der Waals surface area (Å²) in [5, 5.41) is 3.83. The van der Waals surface area contributed by atoms with Gasteiger partial charge in [-0.3, -0.25) is 9.67 Å². The maximum absolute atomic E-state index is 10.4. The number of para-hydroxylation sites is 1. The fourth-order valence-electron chi connectivity index (χ4n) is 3.26. The number of anilines is 3. The molecule has 5 heterocycles. The molecule has 1 aliphatic heterocycles. The van der Waals surface area contributed by atoms with Gasteiger partial charge in [0.15, 0.2) is 18.6 Å². The Morgan fingerprint density at radius 2 is 1.17 bits per heavy atom. The maximum Gasteiger partial charge on any atom is 0.412 e. The SMILES string of the molecule is CN(C)c1cc[nH+]cc1.CN(C)c1ccccc1.CN(C)c1ccncc1.C[N+]1=CC=CC1=O.Cn1cccc1.Cn1cccn1. The van der Waals surface area contributed by atoms with Gasteiger partial charge in [0.2, 0.25) is 0 Å². The molecule has 5 aromatic rings. The third-order valence-electron chi connectivity index (χ3n) is 5.96. The van der Waals surface area contributed by atoms with Crippen LogP contribution in [0.15, 0.2) is 135 Å². The van der Waals surface area contributed by atoms with Crippen molar-refractivity contribution in [3.8, 4) is 0 Å². The molecule has 4 aromatic heterocycles. The molecule has 0 atom stereocenters. The Hall–Kier alpha value is -5.51. The van der Waals surface area contributed by atoms with Crippen LogP contribution in [0.5, 0.6) is 0 Å². The number of likely N-dealkylation sites (N-methyl/N-ethyl adjacent to an activating group) is 1. The third kappa shape index (κ3) is 18.2. The zero-order valence-electron chi connectivity index (χ0n) is 28.8. The van der Waals surface area contributed by atoms with E-state index in [1.807, 2.05) is 157 Å². The van der Waals surface area contributed by atoms with Crippen LogP contribution in [0.4, 0.5) is 17.1 Å². The number of aryl methyl sites for hydroxylation is 2. The Kier molecular flexibility index (Phi) is 19.2. The first-order valence-electron chi connectivity index (χ1n) is 14.7. The van der Waals surface area contributed by atoms with Crippen LogP contribution in [0.25, 0.3) is 0 Å². The highest BCUT2D eigenvalue weighted by Crippen LogP contribution is 2.07. The molecule has 1 aromatic carbocycles. The molecule has 10 heteroatoms. The zero-order chi connectivity index (χ0) is 34.2. The summed E-state index contributed by atoms with van der Waals surface area (Å²) in [7, 11) is 17.8. The number of nitrogens with one attached hydrogen (secondary N) is 1. The van der Waals surface area contributed by atoms with Crippen LogP contribution in [-0.2, 0) is 18.9 Å². The Morgan fingerprint density at radius 3 is 1.43 bits per heavy atom. The average Bonchev–Trinajstić information content (AvgIpc) is 3.85. The van der Waals surface area contributed by atoms with Gasteiger partial charge >= 0.3 is 5.91 Å². The van der Waals surface area contributed by atoms with Gasteiger partial charge in [0, 0.05) is 129 Å². The molecular formula is C36H51N9O+2. The predicted octanol–water partition coefficient (Wildman–Crippen LogP) is 4.71. The Labute approximate surface area is 275 Å². The highest BCUT2D eigenvalue weighted by molar-refractivity contribution is 5.93. The minimum absolute atomic E-state index is 0.0556. The second-order valence-corrected chi connectivity index (χ2v) is 10.5. The second kappa shape index (κ2) is 22.9. The molecule has 0 aliphatic carbocycles.